The standard InChI is InChI=1S/C18H23N5O2/c1-12(2)23-9-8-22(11-13(23)3)18-20-7-5-15(21-18)16-10-14(17(24)25)4-6-19-16/h4-7,10,12-13H,8-9,11H2,1-3H3,(H,24,25)/t13-/m1/s1. The van der Waals surface area contributed by atoms with Crippen molar-refractivity contribution in [3.05, 3.63) is 36.2 Å². The van der Waals surface area contributed by atoms with Crippen molar-refractivity contribution in [1.82, 2.24) is 19.9 Å². The van der Waals surface area contributed by atoms with E-state index in [0.29, 0.717) is 29.4 Å². The number of aromatic carboxylic acids is 1. The minimum Gasteiger partial charge on any atom is -0.478 e. The molecule has 1 aliphatic heterocycles. The average Bonchev–Trinajstić information content (AvgIpc) is 2.61. The molecule has 1 N–H and O–H groups in total. The highest BCUT2D eigenvalue weighted by atomic mass is 16.4. The number of carboxylic acids is 1. The van der Waals surface area contributed by atoms with Crippen molar-refractivity contribution in [2.45, 2.75) is 32.9 Å². The summed E-state index contributed by atoms with van der Waals surface area (Å²) in [4.78, 5) is 29.1. The molecule has 1 atom stereocenters. The molecule has 2 aromatic rings. The first-order chi connectivity index (χ1) is 12.0. The maximum Gasteiger partial charge on any atom is 0.335 e. The molecule has 1 saturated heterocycles. The minimum absolute atomic E-state index is 0.198. The van der Waals surface area contributed by atoms with E-state index in [9.17, 15) is 4.79 Å². The zero-order valence-corrected chi connectivity index (χ0v) is 14.8. The first-order valence-electron chi connectivity index (χ1n) is 8.49. The van der Waals surface area contributed by atoms with E-state index in [4.69, 9.17) is 5.11 Å². The van der Waals surface area contributed by atoms with Crippen molar-refractivity contribution in [3.8, 4) is 11.4 Å². The van der Waals surface area contributed by atoms with Crippen LogP contribution in [0.2, 0.25) is 0 Å². The molecule has 0 unspecified atom stereocenters. The lowest BCUT2D eigenvalue weighted by Gasteiger charge is -2.42. The summed E-state index contributed by atoms with van der Waals surface area (Å²) < 4.78 is 0. The van der Waals surface area contributed by atoms with Gasteiger partial charge in [0.2, 0.25) is 5.95 Å². The number of aromatic nitrogens is 3. The number of nitrogens with zero attached hydrogens (tertiary/aromatic N) is 5. The van der Waals surface area contributed by atoms with Crippen LogP contribution in [0.15, 0.2) is 30.6 Å². The molecule has 132 valence electrons. The molecule has 0 bridgehead atoms. The Bertz CT molecular complexity index is 765. The van der Waals surface area contributed by atoms with Gasteiger partial charge in [0.1, 0.15) is 0 Å². The van der Waals surface area contributed by atoms with Crippen molar-refractivity contribution >= 4 is 11.9 Å². The largest absolute Gasteiger partial charge is 0.478 e. The number of hydrogen-bond acceptors (Lipinski definition) is 6. The van der Waals surface area contributed by atoms with Crippen LogP contribution in [0.1, 0.15) is 31.1 Å². The van der Waals surface area contributed by atoms with Crippen molar-refractivity contribution in [2.24, 2.45) is 0 Å². The molecule has 25 heavy (non-hydrogen) atoms. The predicted octanol–water partition coefficient (Wildman–Crippen LogP) is 2.16. The van der Waals surface area contributed by atoms with Crippen LogP contribution in [0, 0.1) is 0 Å². The van der Waals surface area contributed by atoms with Crippen LogP contribution in [0.4, 0.5) is 5.95 Å². The second-order valence-corrected chi connectivity index (χ2v) is 6.60. The summed E-state index contributed by atoms with van der Waals surface area (Å²) in [6, 6.07) is 5.71. The molecular formula is C18H23N5O2. The summed E-state index contributed by atoms with van der Waals surface area (Å²) in [5, 5.41) is 9.14. The summed E-state index contributed by atoms with van der Waals surface area (Å²) in [7, 11) is 0. The Morgan fingerprint density at radius 1 is 1.20 bits per heavy atom. The van der Waals surface area contributed by atoms with E-state index >= 15 is 0 Å². The first kappa shape index (κ1) is 17.3. The smallest absolute Gasteiger partial charge is 0.335 e. The Hall–Kier alpha value is -2.54. The van der Waals surface area contributed by atoms with Gasteiger partial charge < -0.3 is 10.0 Å². The number of anilines is 1. The molecule has 1 fully saturated rings. The zero-order valence-electron chi connectivity index (χ0n) is 14.8. The number of hydrogen-bond donors (Lipinski definition) is 1. The maximum absolute atomic E-state index is 11.1. The molecule has 0 aliphatic carbocycles. The molecule has 7 nitrogen and oxygen atoms in total. The van der Waals surface area contributed by atoms with Gasteiger partial charge in [0, 0.05) is 44.1 Å². The van der Waals surface area contributed by atoms with Gasteiger partial charge in [-0.2, -0.15) is 0 Å². The highest BCUT2D eigenvalue weighted by molar-refractivity contribution is 5.88. The van der Waals surface area contributed by atoms with Gasteiger partial charge in [0.25, 0.3) is 0 Å². The SMILES string of the molecule is CC(C)N1CCN(c2nccc(-c3cc(C(=O)O)ccn3)n2)C[C@H]1C. The van der Waals surface area contributed by atoms with Crippen molar-refractivity contribution in [3.63, 3.8) is 0 Å². The lowest BCUT2D eigenvalue weighted by Crippen LogP contribution is -2.54. The van der Waals surface area contributed by atoms with Crippen LogP contribution >= 0.6 is 0 Å². The highest BCUT2D eigenvalue weighted by Crippen LogP contribution is 2.21. The molecule has 0 spiro atoms. The first-order valence-corrected chi connectivity index (χ1v) is 8.49. The summed E-state index contributed by atoms with van der Waals surface area (Å²) in [6.45, 7) is 9.35. The van der Waals surface area contributed by atoms with E-state index in [1.165, 1.54) is 18.3 Å². The highest BCUT2D eigenvalue weighted by Gasteiger charge is 2.26. The van der Waals surface area contributed by atoms with Crippen LogP contribution < -0.4 is 4.90 Å². The normalized spacial score (nSPS) is 18.6. The van der Waals surface area contributed by atoms with E-state index in [-0.39, 0.29) is 5.56 Å². The lowest BCUT2D eigenvalue weighted by molar-refractivity contribution is 0.0697. The number of carboxylic acid groups (broad SMARTS) is 1. The van der Waals surface area contributed by atoms with Gasteiger partial charge >= 0.3 is 5.97 Å². The average molecular weight is 341 g/mol. The topological polar surface area (TPSA) is 82.5 Å². The quantitative estimate of drug-likeness (QED) is 0.912. The number of carbonyl (C=O) groups is 1. The van der Waals surface area contributed by atoms with Crippen LogP contribution in [-0.2, 0) is 0 Å². The van der Waals surface area contributed by atoms with Gasteiger partial charge in [0.15, 0.2) is 0 Å². The lowest BCUT2D eigenvalue weighted by atomic mass is 10.1. The fourth-order valence-electron chi connectivity index (χ4n) is 3.27. The van der Waals surface area contributed by atoms with Gasteiger partial charge in [0.05, 0.1) is 17.0 Å². The summed E-state index contributed by atoms with van der Waals surface area (Å²) in [5.74, 6) is -0.313. The second kappa shape index (κ2) is 7.14. The molecule has 0 aromatic carbocycles. The fraction of sp³-hybridized carbons (Fsp3) is 0.444. The summed E-state index contributed by atoms with van der Waals surface area (Å²) in [6.07, 6.45) is 3.19. The number of piperazine rings is 1. The number of rotatable bonds is 4. The van der Waals surface area contributed by atoms with Crippen molar-refractivity contribution in [1.29, 1.82) is 0 Å². The molecule has 3 heterocycles. The van der Waals surface area contributed by atoms with Crippen LogP contribution in [0.5, 0.6) is 0 Å². The molecule has 0 saturated carbocycles. The van der Waals surface area contributed by atoms with Gasteiger partial charge in [-0.15, -0.1) is 0 Å². The Morgan fingerprint density at radius 3 is 2.64 bits per heavy atom. The second-order valence-electron chi connectivity index (χ2n) is 6.60. The molecule has 7 heteroatoms. The van der Waals surface area contributed by atoms with E-state index < -0.39 is 5.97 Å². The molecule has 1 aliphatic rings. The third kappa shape index (κ3) is 3.76. The Labute approximate surface area is 147 Å². The van der Waals surface area contributed by atoms with Crippen molar-refractivity contribution < 1.29 is 9.90 Å². The van der Waals surface area contributed by atoms with Gasteiger partial charge in [-0.25, -0.2) is 14.8 Å². The molecule has 0 amide bonds. The fourth-order valence-corrected chi connectivity index (χ4v) is 3.27. The van der Waals surface area contributed by atoms with Crippen molar-refractivity contribution in [2.75, 3.05) is 24.5 Å². The third-order valence-corrected chi connectivity index (χ3v) is 4.54. The van der Waals surface area contributed by atoms with E-state index in [1.54, 1.807) is 12.3 Å². The zero-order chi connectivity index (χ0) is 18.0. The molecule has 3 rings (SSSR count). The minimum atomic E-state index is -0.975. The molecule has 2 aromatic heterocycles. The third-order valence-electron chi connectivity index (χ3n) is 4.54. The Kier molecular flexibility index (Phi) is 4.94. The monoisotopic (exact) mass is 341 g/mol. The van der Waals surface area contributed by atoms with E-state index in [0.717, 1.165) is 19.6 Å². The van der Waals surface area contributed by atoms with Crippen LogP contribution in [-0.4, -0.2) is 62.6 Å². The number of pyridine rings is 1. The van der Waals surface area contributed by atoms with Gasteiger partial charge in [-0.05, 0) is 39.0 Å². The van der Waals surface area contributed by atoms with E-state index in [2.05, 4.69) is 45.5 Å². The Morgan fingerprint density at radius 2 is 1.96 bits per heavy atom. The summed E-state index contributed by atoms with van der Waals surface area (Å²) in [5.41, 5.74) is 1.37. The van der Waals surface area contributed by atoms with Crippen LogP contribution in [0.25, 0.3) is 11.4 Å². The van der Waals surface area contributed by atoms with Gasteiger partial charge in [-0.3, -0.25) is 9.88 Å². The molecule has 0 radical (unpaired) electrons. The predicted molar refractivity (Wildman–Crippen MR) is 95.7 cm³/mol. The summed E-state index contributed by atoms with van der Waals surface area (Å²) >= 11 is 0. The van der Waals surface area contributed by atoms with Crippen LogP contribution in [0.3, 0.4) is 0 Å². The Balaban J connectivity index is 1.83. The maximum atomic E-state index is 11.1. The molecular weight excluding hydrogens is 318 g/mol. The van der Waals surface area contributed by atoms with Gasteiger partial charge in [-0.1, -0.05) is 0 Å². The van der Waals surface area contributed by atoms with E-state index in [1.807, 2.05) is 0 Å².